The molecule has 5 N–H and O–H groups in total. The molecule has 7 heteroatoms. The Hall–Kier alpha value is -0.790. The summed E-state index contributed by atoms with van der Waals surface area (Å²) in [5.74, 6) is -0.743. The molecule has 0 bridgehead atoms. The predicted octanol–water partition coefficient (Wildman–Crippen LogP) is -0.531. The zero-order valence-corrected chi connectivity index (χ0v) is 11.1. The Labute approximate surface area is 107 Å². The quantitative estimate of drug-likeness (QED) is 0.415. The van der Waals surface area contributed by atoms with Gasteiger partial charge in [-0.25, -0.2) is 0 Å². The molecule has 6 nitrogen and oxygen atoms in total. The van der Waals surface area contributed by atoms with Crippen molar-refractivity contribution in [1.29, 1.82) is 0 Å². The highest BCUT2D eigenvalue weighted by molar-refractivity contribution is 7.80. The number of carboxylic acid groups (broad SMARTS) is 1. The van der Waals surface area contributed by atoms with Crippen molar-refractivity contribution in [2.24, 2.45) is 11.7 Å². The second-order valence-corrected chi connectivity index (χ2v) is 4.17. The molecule has 17 heavy (non-hydrogen) atoms. The second-order valence-electron chi connectivity index (χ2n) is 3.81. The number of hydrogen-bond donors (Lipinski definition) is 5. The van der Waals surface area contributed by atoms with Gasteiger partial charge in [-0.2, -0.15) is 12.6 Å². The summed E-state index contributed by atoms with van der Waals surface area (Å²) in [6, 6.07) is -0.738. The minimum atomic E-state index is -1.09. The Morgan fingerprint density at radius 1 is 1.41 bits per heavy atom. The molecule has 0 unspecified atom stereocenters. The molecule has 0 radical (unpaired) electrons. The number of carbonyl (C=O) groups excluding carboxylic acids is 1. The molecule has 0 aromatic heterocycles. The summed E-state index contributed by atoms with van der Waals surface area (Å²) in [6.45, 7) is 4.12. The van der Waals surface area contributed by atoms with E-state index >= 15 is 0 Å². The number of aliphatic carboxylic acids is 1. The minimum Gasteiger partial charge on any atom is -0.480 e. The number of nitrogens with two attached hydrogens (primary N) is 1. The predicted molar refractivity (Wildman–Crippen MR) is 69.0 cm³/mol. The van der Waals surface area contributed by atoms with Gasteiger partial charge in [0.05, 0.1) is 6.04 Å². The van der Waals surface area contributed by atoms with Crippen molar-refractivity contribution in [2.75, 3.05) is 18.9 Å². The number of amides is 1. The van der Waals surface area contributed by atoms with E-state index in [1.165, 1.54) is 0 Å². The number of thiol groups is 1. The first-order valence-corrected chi connectivity index (χ1v) is 5.95. The molecule has 0 saturated heterocycles. The Morgan fingerprint density at radius 2 is 1.94 bits per heavy atom. The Kier molecular flexibility index (Phi) is 12.8. The van der Waals surface area contributed by atoms with Crippen molar-refractivity contribution in [3.05, 3.63) is 0 Å². The fourth-order valence-corrected chi connectivity index (χ4v) is 0.801. The van der Waals surface area contributed by atoms with Gasteiger partial charge in [0.2, 0.25) is 5.91 Å². The average Bonchev–Trinajstić information content (AvgIpc) is 2.25. The van der Waals surface area contributed by atoms with Crippen LogP contribution in [0, 0.1) is 5.92 Å². The van der Waals surface area contributed by atoms with Gasteiger partial charge in [0, 0.05) is 12.4 Å². The highest BCUT2D eigenvalue weighted by atomic mass is 32.1. The summed E-state index contributed by atoms with van der Waals surface area (Å²) in [7, 11) is 0. The lowest BCUT2D eigenvalue weighted by Gasteiger charge is -2.06. The van der Waals surface area contributed by atoms with E-state index in [1.807, 2.05) is 0 Å². The van der Waals surface area contributed by atoms with Crippen molar-refractivity contribution < 1.29 is 19.8 Å². The first-order chi connectivity index (χ1) is 7.84. The van der Waals surface area contributed by atoms with Crippen LogP contribution in [0.3, 0.4) is 0 Å². The van der Waals surface area contributed by atoms with E-state index in [4.69, 9.17) is 15.9 Å². The number of hydrogen-bond acceptors (Lipinski definition) is 5. The minimum absolute atomic E-state index is 0.200. The van der Waals surface area contributed by atoms with Gasteiger partial charge in [0.1, 0.15) is 6.54 Å². The largest absolute Gasteiger partial charge is 0.480 e. The first kappa shape index (κ1) is 18.6. The van der Waals surface area contributed by atoms with Gasteiger partial charge in [-0.3, -0.25) is 9.59 Å². The standard InChI is InChI=1S/C5H10N2O3S.C5H12O/c6-3(2-11)5(10)7-1-4(8)9;1-5(2)3-4-6/h3,11H,1-2,6H2,(H,7,10)(H,8,9);5-6H,3-4H2,1-2H3/t3-;/m0./s1. The lowest BCUT2D eigenvalue weighted by Crippen LogP contribution is -2.43. The van der Waals surface area contributed by atoms with E-state index in [0.717, 1.165) is 6.42 Å². The summed E-state index contributed by atoms with van der Waals surface area (Å²) in [6.07, 6.45) is 0.931. The molecule has 0 aromatic carbocycles. The van der Waals surface area contributed by atoms with E-state index in [0.29, 0.717) is 12.5 Å². The molecule has 0 aromatic rings. The zero-order valence-electron chi connectivity index (χ0n) is 10.2. The molecule has 0 heterocycles. The Balaban J connectivity index is 0. The van der Waals surface area contributed by atoms with Crippen LogP contribution in [0.2, 0.25) is 0 Å². The third-order valence-electron chi connectivity index (χ3n) is 1.65. The van der Waals surface area contributed by atoms with Crippen LogP contribution in [-0.2, 0) is 9.59 Å². The van der Waals surface area contributed by atoms with E-state index in [2.05, 4.69) is 31.8 Å². The van der Waals surface area contributed by atoms with Crippen molar-refractivity contribution >= 4 is 24.5 Å². The van der Waals surface area contributed by atoms with Gasteiger partial charge in [-0.15, -0.1) is 0 Å². The van der Waals surface area contributed by atoms with Gasteiger partial charge in [-0.05, 0) is 12.3 Å². The van der Waals surface area contributed by atoms with Crippen LogP contribution in [0.25, 0.3) is 0 Å². The number of nitrogens with one attached hydrogen (secondary N) is 1. The monoisotopic (exact) mass is 266 g/mol. The zero-order chi connectivity index (χ0) is 13.8. The van der Waals surface area contributed by atoms with Crippen LogP contribution < -0.4 is 11.1 Å². The molecule has 0 aliphatic rings. The maximum absolute atomic E-state index is 10.7. The van der Waals surface area contributed by atoms with Crippen molar-refractivity contribution in [2.45, 2.75) is 26.3 Å². The normalized spacial score (nSPS) is 11.4. The van der Waals surface area contributed by atoms with Crippen LogP contribution in [0.15, 0.2) is 0 Å². The fraction of sp³-hybridized carbons (Fsp3) is 0.800. The maximum Gasteiger partial charge on any atom is 0.322 e. The van der Waals surface area contributed by atoms with E-state index in [9.17, 15) is 9.59 Å². The van der Waals surface area contributed by atoms with Crippen molar-refractivity contribution in [3.8, 4) is 0 Å². The summed E-state index contributed by atoms with van der Waals surface area (Å²) in [5, 5.41) is 18.5. The van der Waals surface area contributed by atoms with E-state index < -0.39 is 24.5 Å². The van der Waals surface area contributed by atoms with Gasteiger partial charge in [0.25, 0.3) is 0 Å². The number of carboxylic acids is 1. The molecule has 0 saturated carbocycles. The molecular weight excluding hydrogens is 244 g/mol. The van der Waals surface area contributed by atoms with Gasteiger partial charge >= 0.3 is 5.97 Å². The summed E-state index contributed by atoms with van der Waals surface area (Å²) < 4.78 is 0. The van der Waals surface area contributed by atoms with Gasteiger partial charge < -0.3 is 21.3 Å². The molecular formula is C10H22N2O4S. The number of carbonyl (C=O) groups is 2. The van der Waals surface area contributed by atoms with Crippen molar-refractivity contribution in [1.82, 2.24) is 5.32 Å². The summed E-state index contributed by atoms with van der Waals surface area (Å²) >= 11 is 3.77. The van der Waals surface area contributed by atoms with Crippen LogP contribution in [-0.4, -0.2) is 47.0 Å². The maximum atomic E-state index is 10.7. The average molecular weight is 266 g/mol. The molecule has 0 fully saturated rings. The smallest absolute Gasteiger partial charge is 0.322 e. The SMILES string of the molecule is CC(C)CCO.N[C@@H](CS)C(=O)NCC(=O)O. The van der Waals surface area contributed by atoms with Crippen LogP contribution in [0.4, 0.5) is 0 Å². The van der Waals surface area contributed by atoms with Crippen LogP contribution in [0.5, 0.6) is 0 Å². The molecule has 1 amide bonds. The molecule has 1 atom stereocenters. The fourth-order valence-electron chi connectivity index (χ4n) is 0.635. The third-order valence-corrected chi connectivity index (χ3v) is 2.05. The van der Waals surface area contributed by atoms with E-state index in [-0.39, 0.29) is 5.75 Å². The molecule has 0 aliphatic heterocycles. The van der Waals surface area contributed by atoms with Crippen LogP contribution in [0.1, 0.15) is 20.3 Å². The second kappa shape index (κ2) is 11.7. The van der Waals surface area contributed by atoms with Gasteiger partial charge in [-0.1, -0.05) is 13.8 Å². The number of aliphatic hydroxyl groups is 1. The van der Waals surface area contributed by atoms with Crippen molar-refractivity contribution in [3.63, 3.8) is 0 Å². The summed E-state index contributed by atoms with van der Waals surface area (Å²) in [5.41, 5.74) is 5.22. The summed E-state index contributed by atoms with van der Waals surface area (Å²) in [4.78, 5) is 20.7. The van der Waals surface area contributed by atoms with Gasteiger partial charge in [0.15, 0.2) is 0 Å². The number of rotatable bonds is 6. The highest BCUT2D eigenvalue weighted by Crippen LogP contribution is 1.94. The number of aliphatic hydroxyl groups excluding tert-OH is 1. The molecule has 0 aliphatic carbocycles. The topological polar surface area (TPSA) is 113 Å². The molecule has 0 rings (SSSR count). The Bertz CT molecular complexity index is 224. The first-order valence-electron chi connectivity index (χ1n) is 5.31. The Morgan fingerprint density at radius 3 is 2.18 bits per heavy atom. The third kappa shape index (κ3) is 15.2. The molecule has 102 valence electrons. The molecule has 0 spiro atoms. The lowest BCUT2D eigenvalue weighted by molar-refractivity contribution is -0.138. The highest BCUT2D eigenvalue weighted by Gasteiger charge is 2.11. The lowest BCUT2D eigenvalue weighted by atomic mass is 10.2. The van der Waals surface area contributed by atoms with E-state index in [1.54, 1.807) is 0 Å². The van der Waals surface area contributed by atoms with Crippen LogP contribution >= 0.6 is 12.6 Å².